The van der Waals surface area contributed by atoms with Gasteiger partial charge in [0.1, 0.15) is 18.1 Å². The SMILES string of the molecule is CC(C)[C@H](NC(=O)[C@@H]1CCCN1C(=O)[C@H](C)NC(=O)[C@H](C)NC(=O)CCC(=O)O)C(=O)CCl. The molecule has 11 nitrogen and oxygen atoms in total. The van der Waals surface area contributed by atoms with E-state index in [0.717, 1.165) is 0 Å². The Morgan fingerprint density at radius 2 is 1.61 bits per heavy atom. The van der Waals surface area contributed by atoms with Gasteiger partial charge in [0.25, 0.3) is 0 Å². The minimum absolute atomic E-state index is 0.170. The van der Waals surface area contributed by atoms with E-state index in [1.165, 1.54) is 18.7 Å². The van der Waals surface area contributed by atoms with Gasteiger partial charge in [-0.2, -0.15) is 0 Å². The van der Waals surface area contributed by atoms with Crippen LogP contribution in [0.25, 0.3) is 0 Å². The van der Waals surface area contributed by atoms with E-state index in [0.29, 0.717) is 19.4 Å². The van der Waals surface area contributed by atoms with Gasteiger partial charge in [-0.15, -0.1) is 11.6 Å². The number of nitrogens with one attached hydrogen (secondary N) is 3. The van der Waals surface area contributed by atoms with E-state index in [2.05, 4.69) is 16.0 Å². The predicted molar refractivity (Wildman–Crippen MR) is 119 cm³/mol. The van der Waals surface area contributed by atoms with Gasteiger partial charge < -0.3 is 26.0 Å². The van der Waals surface area contributed by atoms with E-state index >= 15 is 0 Å². The summed E-state index contributed by atoms with van der Waals surface area (Å²) >= 11 is 5.63. The maximum Gasteiger partial charge on any atom is 0.303 e. The molecule has 1 rings (SSSR count). The van der Waals surface area contributed by atoms with Crippen molar-refractivity contribution in [1.82, 2.24) is 20.9 Å². The Kier molecular flexibility index (Phi) is 11.3. The van der Waals surface area contributed by atoms with Gasteiger partial charge in [0.2, 0.25) is 23.6 Å². The van der Waals surface area contributed by atoms with E-state index in [1.807, 2.05) is 0 Å². The maximum absolute atomic E-state index is 12.9. The molecule has 0 spiro atoms. The standard InChI is InChI=1S/C21H33ClN4O7/c1-11(2)18(15(27)10-22)25-20(32)14-6-5-9-26(14)21(33)13(4)24-19(31)12(3)23-16(28)7-8-17(29)30/h11-14,18H,5-10H2,1-4H3,(H,23,28)(H,24,31)(H,25,32)(H,29,30)/t12-,13-,14-,18-/m0/s1. The summed E-state index contributed by atoms with van der Waals surface area (Å²) in [6.45, 7) is 6.78. The molecule has 0 aromatic carbocycles. The normalized spacial score (nSPS) is 18.2. The van der Waals surface area contributed by atoms with Gasteiger partial charge in [0.05, 0.1) is 18.3 Å². The lowest BCUT2D eigenvalue weighted by atomic mass is 10.00. The van der Waals surface area contributed by atoms with Crippen molar-refractivity contribution >= 4 is 47.0 Å². The lowest BCUT2D eigenvalue weighted by molar-refractivity contribution is -0.142. The summed E-state index contributed by atoms with van der Waals surface area (Å²) in [7, 11) is 0. The third-order valence-electron chi connectivity index (χ3n) is 5.35. The molecule has 0 saturated carbocycles. The number of carbonyl (C=O) groups excluding carboxylic acids is 5. The largest absolute Gasteiger partial charge is 0.481 e. The van der Waals surface area contributed by atoms with Crippen LogP contribution < -0.4 is 16.0 Å². The number of carbonyl (C=O) groups is 6. The fraction of sp³-hybridized carbons (Fsp3) is 0.714. The number of halogens is 1. The molecule has 1 aliphatic heterocycles. The second-order valence-corrected chi connectivity index (χ2v) is 8.70. The average Bonchev–Trinajstić information content (AvgIpc) is 3.24. The maximum atomic E-state index is 12.9. The molecule has 0 bridgehead atoms. The summed E-state index contributed by atoms with van der Waals surface area (Å²) in [4.78, 5) is 73.7. The number of amides is 4. The van der Waals surface area contributed by atoms with Gasteiger partial charge in [0.15, 0.2) is 5.78 Å². The molecule has 0 radical (unpaired) electrons. The van der Waals surface area contributed by atoms with Crippen LogP contribution in [0.1, 0.15) is 53.4 Å². The van der Waals surface area contributed by atoms with Crippen molar-refractivity contribution in [1.29, 1.82) is 0 Å². The number of alkyl halides is 1. The first-order valence-electron chi connectivity index (χ1n) is 10.9. The Hall–Kier alpha value is -2.69. The van der Waals surface area contributed by atoms with Gasteiger partial charge in [-0.25, -0.2) is 0 Å². The number of Topliss-reactive ketones (excluding diaryl/α,β-unsaturated/α-hetero) is 1. The molecule has 186 valence electrons. The minimum atomic E-state index is -1.13. The molecule has 4 atom stereocenters. The molecule has 0 aromatic rings. The Morgan fingerprint density at radius 1 is 0.970 bits per heavy atom. The zero-order valence-electron chi connectivity index (χ0n) is 19.4. The molecule has 4 N–H and O–H groups in total. The molecule has 0 unspecified atom stereocenters. The number of hydrogen-bond acceptors (Lipinski definition) is 6. The van der Waals surface area contributed by atoms with Gasteiger partial charge in [0, 0.05) is 13.0 Å². The molecule has 4 amide bonds. The first kappa shape index (κ1) is 28.3. The lowest BCUT2D eigenvalue weighted by Gasteiger charge is -2.29. The molecule has 0 aromatic heterocycles. The first-order valence-corrected chi connectivity index (χ1v) is 11.4. The molecule has 12 heteroatoms. The smallest absolute Gasteiger partial charge is 0.303 e. The van der Waals surface area contributed by atoms with Crippen LogP contribution in [0.5, 0.6) is 0 Å². The zero-order valence-corrected chi connectivity index (χ0v) is 20.1. The Balaban J connectivity index is 2.70. The number of hydrogen-bond donors (Lipinski definition) is 4. The number of carboxylic acid groups (broad SMARTS) is 1. The highest BCUT2D eigenvalue weighted by molar-refractivity contribution is 6.28. The van der Waals surface area contributed by atoms with E-state index in [9.17, 15) is 28.8 Å². The summed E-state index contributed by atoms with van der Waals surface area (Å²) in [6.07, 6.45) is 0.391. The minimum Gasteiger partial charge on any atom is -0.481 e. The number of ketones is 1. The van der Waals surface area contributed by atoms with Crippen LogP contribution in [-0.2, 0) is 28.8 Å². The third kappa shape index (κ3) is 8.64. The van der Waals surface area contributed by atoms with Gasteiger partial charge in [-0.3, -0.25) is 28.8 Å². The van der Waals surface area contributed by atoms with Gasteiger partial charge >= 0.3 is 5.97 Å². The summed E-state index contributed by atoms with van der Waals surface area (Å²) in [6, 6.07) is -3.47. The van der Waals surface area contributed by atoms with E-state index in [-0.39, 0.29) is 30.4 Å². The van der Waals surface area contributed by atoms with Crippen molar-refractivity contribution in [2.24, 2.45) is 5.92 Å². The van der Waals surface area contributed by atoms with Crippen molar-refractivity contribution in [2.45, 2.75) is 77.5 Å². The van der Waals surface area contributed by atoms with E-state index < -0.39 is 53.8 Å². The number of rotatable bonds is 12. The molecule has 1 saturated heterocycles. The van der Waals surface area contributed by atoms with Gasteiger partial charge in [-0.1, -0.05) is 13.8 Å². The monoisotopic (exact) mass is 488 g/mol. The van der Waals surface area contributed by atoms with Crippen LogP contribution in [0.15, 0.2) is 0 Å². The van der Waals surface area contributed by atoms with Crippen molar-refractivity contribution < 1.29 is 33.9 Å². The Morgan fingerprint density at radius 3 is 2.15 bits per heavy atom. The number of aliphatic carboxylic acids is 1. The Bertz CT molecular complexity index is 774. The highest BCUT2D eigenvalue weighted by Crippen LogP contribution is 2.19. The van der Waals surface area contributed by atoms with Crippen LogP contribution in [-0.4, -0.2) is 82.0 Å². The third-order valence-corrected chi connectivity index (χ3v) is 5.61. The topological polar surface area (TPSA) is 162 Å². The molecule has 33 heavy (non-hydrogen) atoms. The van der Waals surface area contributed by atoms with Crippen LogP contribution in [0.2, 0.25) is 0 Å². The van der Waals surface area contributed by atoms with Gasteiger partial charge in [-0.05, 0) is 32.6 Å². The van der Waals surface area contributed by atoms with Crippen molar-refractivity contribution in [3.63, 3.8) is 0 Å². The number of carboxylic acids is 1. The highest BCUT2D eigenvalue weighted by Gasteiger charge is 2.38. The van der Waals surface area contributed by atoms with Crippen LogP contribution >= 0.6 is 11.6 Å². The lowest BCUT2D eigenvalue weighted by Crippen LogP contribution is -2.56. The molecular formula is C21H33ClN4O7. The van der Waals surface area contributed by atoms with E-state index in [1.54, 1.807) is 13.8 Å². The zero-order chi connectivity index (χ0) is 25.3. The molecule has 0 aliphatic carbocycles. The van der Waals surface area contributed by atoms with Crippen LogP contribution in [0.4, 0.5) is 0 Å². The Labute approximate surface area is 198 Å². The van der Waals surface area contributed by atoms with Crippen molar-refractivity contribution in [3.8, 4) is 0 Å². The predicted octanol–water partition coefficient (Wildman–Crippen LogP) is -0.200. The quantitative estimate of drug-likeness (QED) is 0.276. The van der Waals surface area contributed by atoms with E-state index in [4.69, 9.17) is 16.7 Å². The fourth-order valence-electron chi connectivity index (χ4n) is 3.50. The molecular weight excluding hydrogens is 456 g/mol. The highest BCUT2D eigenvalue weighted by atomic mass is 35.5. The molecule has 1 fully saturated rings. The fourth-order valence-corrected chi connectivity index (χ4v) is 3.67. The summed E-state index contributed by atoms with van der Waals surface area (Å²) in [5.41, 5.74) is 0. The molecule has 1 aliphatic rings. The number of nitrogens with zero attached hydrogens (tertiary/aromatic N) is 1. The molecule has 1 heterocycles. The number of likely N-dealkylation sites (tertiary alicyclic amines) is 1. The summed E-state index contributed by atoms with van der Waals surface area (Å²) in [5, 5.41) is 16.2. The average molecular weight is 489 g/mol. The summed E-state index contributed by atoms with van der Waals surface area (Å²) in [5.74, 6) is -3.96. The first-order chi connectivity index (χ1) is 15.4. The van der Waals surface area contributed by atoms with Crippen molar-refractivity contribution in [2.75, 3.05) is 12.4 Å². The second-order valence-electron chi connectivity index (χ2n) is 8.43. The van der Waals surface area contributed by atoms with Crippen LogP contribution in [0, 0.1) is 5.92 Å². The van der Waals surface area contributed by atoms with Crippen molar-refractivity contribution in [3.05, 3.63) is 0 Å². The summed E-state index contributed by atoms with van der Waals surface area (Å²) < 4.78 is 0. The van der Waals surface area contributed by atoms with Crippen LogP contribution in [0.3, 0.4) is 0 Å². The second kappa shape index (κ2) is 13.1.